The summed E-state index contributed by atoms with van der Waals surface area (Å²) in [4.78, 5) is 15.1. The van der Waals surface area contributed by atoms with Crippen molar-refractivity contribution in [2.45, 2.75) is 54.8 Å². The third-order valence-corrected chi connectivity index (χ3v) is 7.14. The maximum atomic E-state index is 11.5. The van der Waals surface area contributed by atoms with Crippen molar-refractivity contribution in [3.63, 3.8) is 0 Å². The highest BCUT2D eigenvalue weighted by Gasteiger charge is 2.39. The first kappa shape index (κ1) is 14.7. The number of hydrogen-bond acceptors (Lipinski definition) is 3. The number of nitrogens with zero attached hydrogens (tertiary/aromatic N) is 2. The Labute approximate surface area is 140 Å². The van der Waals surface area contributed by atoms with Crippen LogP contribution in [0.25, 0.3) is 0 Å². The zero-order chi connectivity index (χ0) is 15.4. The third-order valence-electron chi connectivity index (χ3n) is 5.25. The summed E-state index contributed by atoms with van der Waals surface area (Å²) in [6.07, 6.45) is 5.09. The lowest BCUT2D eigenvalue weighted by atomic mass is 10.0. The fourth-order valence-electron chi connectivity index (χ4n) is 4.00. The Morgan fingerprint density at radius 1 is 1.36 bits per heavy atom. The molecule has 1 aromatic rings. The van der Waals surface area contributed by atoms with E-state index in [0.717, 1.165) is 28.2 Å². The number of benzene rings is 1. The highest BCUT2D eigenvalue weighted by atomic mass is 35.5. The van der Waals surface area contributed by atoms with Crippen molar-refractivity contribution in [1.82, 2.24) is 10.2 Å². The van der Waals surface area contributed by atoms with Gasteiger partial charge in [0.2, 0.25) is 0 Å². The molecule has 0 saturated carbocycles. The van der Waals surface area contributed by atoms with Gasteiger partial charge >= 0.3 is 6.03 Å². The van der Waals surface area contributed by atoms with E-state index >= 15 is 0 Å². The molecule has 22 heavy (non-hydrogen) atoms. The molecule has 2 atom stereocenters. The zero-order valence-electron chi connectivity index (χ0n) is 12.7. The first-order chi connectivity index (χ1) is 10.5. The van der Waals surface area contributed by atoms with E-state index in [1.807, 2.05) is 24.8 Å². The van der Waals surface area contributed by atoms with Crippen LogP contribution < -0.4 is 10.6 Å². The lowest BCUT2D eigenvalue weighted by molar-refractivity contribution is 0.183. The van der Waals surface area contributed by atoms with Crippen molar-refractivity contribution in [2.75, 3.05) is 12.4 Å². The van der Waals surface area contributed by atoms with Crippen molar-refractivity contribution in [2.24, 2.45) is 0 Å². The molecule has 2 unspecified atom stereocenters. The minimum absolute atomic E-state index is 0.298. The average Bonchev–Trinajstić information content (AvgIpc) is 2.91. The van der Waals surface area contributed by atoms with Gasteiger partial charge in [-0.25, -0.2) is 4.79 Å². The first-order valence-electron chi connectivity index (χ1n) is 7.77. The smallest absolute Gasteiger partial charge is 0.304 e. The normalized spacial score (nSPS) is 30.1. The van der Waals surface area contributed by atoms with Gasteiger partial charge in [-0.15, -0.1) is 11.8 Å². The molecule has 1 aromatic carbocycles. The van der Waals surface area contributed by atoms with Gasteiger partial charge in [-0.05, 0) is 51.3 Å². The number of rotatable bonds is 2. The number of fused-ring (bicyclic) bond motifs is 3. The van der Waals surface area contributed by atoms with Gasteiger partial charge in [0.1, 0.15) is 0 Å². The Kier molecular flexibility index (Phi) is 3.55. The van der Waals surface area contributed by atoms with E-state index in [2.05, 4.69) is 22.6 Å². The number of piperidine rings is 1. The van der Waals surface area contributed by atoms with E-state index < -0.39 is 0 Å². The van der Waals surface area contributed by atoms with E-state index in [1.54, 1.807) is 0 Å². The van der Waals surface area contributed by atoms with Crippen LogP contribution in [0.1, 0.15) is 31.2 Å². The first-order valence-corrected chi connectivity index (χ1v) is 9.03. The molecule has 117 valence electrons. The molecule has 0 spiro atoms. The highest BCUT2D eigenvalue weighted by Crippen LogP contribution is 2.47. The standard InChI is InChI=1S/C16H19ClN3OS/c1-8-14-13(18-16(21)19-14)7-12(17)15(8)22-11-5-9-3-4-10(6-11)20(9)2/h7,9-11H,3-6H2,1-2H3,(H,19,21). The van der Waals surface area contributed by atoms with Gasteiger partial charge in [-0.1, -0.05) is 11.6 Å². The average molecular weight is 337 g/mol. The van der Waals surface area contributed by atoms with E-state index in [4.69, 9.17) is 11.6 Å². The molecule has 3 heterocycles. The molecular weight excluding hydrogens is 318 g/mol. The summed E-state index contributed by atoms with van der Waals surface area (Å²) in [5, 5.41) is 8.10. The van der Waals surface area contributed by atoms with Crippen molar-refractivity contribution >= 4 is 40.8 Å². The van der Waals surface area contributed by atoms with Crippen LogP contribution >= 0.6 is 23.4 Å². The number of amides is 2. The van der Waals surface area contributed by atoms with Gasteiger partial charge in [0.05, 0.1) is 16.4 Å². The Bertz CT molecular complexity index is 637. The maximum absolute atomic E-state index is 11.5. The van der Waals surface area contributed by atoms with Crippen molar-refractivity contribution in [1.29, 1.82) is 0 Å². The molecule has 2 bridgehead atoms. The summed E-state index contributed by atoms with van der Waals surface area (Å²) >= 11 is 8.35. The predicted molar refractivity (Wildman–Crippen MR) is 90.5 cm³/mol. The molecule has 1 N–H and O–H groups in total. The zero-order valence-corrected chi connectivity index (χ0v) is 14.3. The number of carbonyl (C=O) groups is 1. The topological polar surface area (TPSA) is 46.4 Å². The second-order valence-electron chi connectivity index (χ2n) is 6.51. The van der Waals surface area contributed by atoms with Gasteiger partial charge in [0.15, 0.2) is 0 Å². The van der Waals surface area contributed by atoms with Crippen molar-refractivity contribution in [3.05, 3.63) is 16.7 Å². The number of anilines is 1. The van der Waals surface area contributed by atoms with Crippen molar-refractivity contribution < 1.29 is 4.79 Å². The van der Waals surface area contributed by atoms with Gasteiger partial charge in [0.25, 0.3) is 0 Å². The Hall–Kier alpha value is -0.910. The van der Waals surface area contributed by atoms with Gasteiger partial charge in [0, 0.05) is 22.2 Å². The van der Waals surface area contributed by atoms with Crippen LogP contribution in [0.3, 0.4) is 0 Å². The second kappa shape index (κ2) is 5.32. The molecule has 3 aliphatic heterocycles. The lowest BCUT2D eigenvalue weighted by Gasteiger charge is -2.36. The second-order valence-corrected chi connectivity index (χ2v) is 8.23. The largest absolute Gasteiger partial charge is 0.346 e. The molecule has 2 amide bonds. The molecule has 0 aromatic heterocycles. The molecule has 4 rings (SSSR count). The van der Waals surface area contributed by atoms with Crippen LogP contribution in [0, 0.1) is 6.92 Å². The summed E-state index contributed by atoms with van der Waals surface area (Å²) < 4.78 is 0. The van der Waals surface area contributed by atoms with Gasteiger partial charge < -0.3 is 10.2 Å². The van der Waals surface area contributed by atoms with Crippen LogP contribution in [0.2, 0.25) is 5.02 Å². The van der Waals surface area contributed by atoms with Gasteiger partial charge in [-0.2, -0.15) is 5.32 Å². The fraction of sp³-hybridized carbons (Fsp3) is 0.562. The van der Waals surface area contributed by atoms with E-state index in [9.17, 15) is 4.79 Å². The minimum Gasteiger partial charge on any atom is -0.304 e. The number of nitrogens with one attached hydrogen (secondary N) is 1. The molecular formula is C16H19ClN3OS. The molecule has 4 nitrogen and oxygen atoms in total. The van der Waals surface area contributed by atoms with Crippen LogP contribution in [0.15, 0.2) is 11.0 Å². The summed E-state index contributed by atoms with van der Waals surface area (Å²) in [6, 6.07) is 2.96. The Morgan fingerprint density at radius 3 is 2.73 bits per heavy atom. The van der Waals surface area contributed by atoms with E-state index in [1.165, 1.54) is 25.7 Å². The minimum atomic E-state index is -0.298. The van der Waals surface area contributed by atoms with Crippen molar-refractivity contribution in [3.8, 4) is 0 Å². The summed E-state index contributed by atoms with van der Waals surface area (Å²) in [6.45, 7) is 2.03. The van der Waals surface area contributed by atoms with Crippen LogP contribution in [0.5, 0.6) is 0 Å². The number of halogens is 1. The molecule has 1 radical (unpaired) electrons. The highest BCUT2D eigenvalue weighted by molar-refractivity contribution is 8.00. The maximum Gasteiger partial charge on any atom is 0.346 e. The Balaban J connectivity index is 1.59. The van der Waals surface area contributed by atoms with E-state index in [0.29, 0.717) is 16.0 Å². The Morgan fingerprint density at radius 2 is 2.05 bits per heavy atom. The number of carbonyl (C=O) groups excluding carboxylic acids is 1. The monoisotopic (exact) mass is 336 g/mol. The summed E-state index contributed by atoms with van der Waals surface area (Å²) in [5.74, 6) is 0. The SMILES string of the molecule is Cc1c2c(cc(Cl)c1SC1CC3CCC(C1)N3C)[N]C(=O)N2. The molecule has 0 aliphatic carbocycles. The third kappa shape index (κ3) is 2.30. The number of hydrogen-bond donors (Lipinski definition) is 1. The van der Waals surface area contributed by atoms with Crippen LogP contribution in [-0.4, -0.2) is 35.3 Å². The molecule has 3 aliphatic rings. The van der Waals surface area contributed by atoms with Gasteiger partial charge in [-0.3, -0.25) is 0 Å². The predicted octanol–water partition coefficient (Wildman–Crippen LogP) is 4.15. The van der Waals surface area contributed by atoms with E-state index in [-0.39, 0.29) is 6.03 Å². The number of thioether (sulfide) groups is 1. The molecule has 2 saturated heterocycles. The lowest BCUT2D eigenvalue weighted by Crippen LogP contribution is -2.40. The molecule has 2 fully saturated rings. The summed E-state index contributed by atoms with van der Waals surface area (Å²) in [7, 11) is 2.26. The fourth-order valence-corrected chi connectivity index (χ4v) is 5.80. The summed E-state index contributed by atoms with van der Waals surface area (Å²) in [5.41, 5.74) is 2.54. The quantitative estimate of drug-likeness (QED) is 0.882. The van der Waals surface area contributed by atoms with Crippen LogP contribution in [0.4, 0.5) is 16.2 Å². The number of urea groups is 1. The van der Waals surface area contributed by atoms with Crippen LogP contribution in [-0.2, 0) is 0 Å². The molecule has 6 heteroatoms.